The molecule has 39 heavy (non-hydrogen) atoms. The maximum absolute atomic E-state index is 13.3. The summed E-state index contributed by atoms with van der Waals surface area (Å²) in [4.78, 5) is 37.9. The Balaban J connectivity index is 1.61. The Morgan fingerprint density at radius 1 is 1.18 bits per heavy atom. The SMILES string of the molecule is CC(=O)OC[C@]12CC[C@H]3[C@@H](CC=C4[C@@H](O)C=CC(=O)[C@@]43C)[C@]1(O)CC[C@@]2(O)[C@@](C)(O)C1CC(C)=C(C)C(=O)O1. The van der Waals surface area contributed by atoms with Gasteiger partial charge in [0.05, 0.1) is 22.5 Å². The Morgan fingerprint density at radius 3 is 2.51 bits per heavy atom. The lowest BCUT2D eigenvalue weighted by Gasteiger charge is -2.63. The number of aliphatic hydroxyl groups excluding tert-OH is 1. The Bertz CT molecular complexity index is 1210. The highest BCUT2D eigenvalue weighted by Gasteiger charge is 2.78. The van der Waals surface area contributed by atoms with Gasteiger partial charge in [-0.1, -0.05) is 11.6 Å². The number of esters is 2. The van der Waals surface area contributed by atoms with Crippen molar-refractivity contribution >= 4 is 17.7 Å². The molecule has 9 nitrogen and oxygen atoms in total. The first-order chi connectivity index (χ1) is 18.1. The van der Waals surface area contributed by atoms with Gasteiger partial charge in [0, 0.05) is 18.9 Å². The second kappa shape index (κ2) is 8.83. The number of cyclic esters (lactones) is 1. The molecule has 4 aliphatic carbocycles. The summed E-state index contributed by atoms with van der Waals surface area (Å²) in [5, 5.41) is 48.0. The van der Waals surface area contributed by atoms with E-state index in [1.165, 1.54) is 26.0 Å². The number of ketones is 1. The quantitative estimate of drug-likeness (QED) is 0.308. The van der Waals surface area contributed by atoms with Gasteiger partial charge in [-0.05, 0) is 89.4 Å². The number of ether oxygens (including phenoxy) is 2. The van der Waals surface area contributed by atoms with Crippen molar-refractivity contribution in [3.8, 4) is 0 Å². The molecule has 0 aromatic carbocycles. The maximum atomic E-state index is 13.3. The van der Waals surface area contributed by atoms with Crippen molar-refractivity contribution in [2.75, 3.05) is 6.61 Å². The molecule has 1 aliphatic heterocycles. The van der Waals surface area contributed by atoms with E-state index in [1.807, 2.05) is 13.0 Å². The molecule has 0 bridgehead atoms. The number of aliphatic hydroxyl groups is 4. The third-order valence-corrected chi connectivity index (χ3v) is 11.3. The van der Waals surface area contributed by atoms with Gasteiger partial charge in [0.1, 0.15) is 23.9 Å². The summed E-state index contributed by atoms with van der Waals surface area (Å²) in [5.41, 5.74) is -6.32. The number of carbonyl (C=O) groups excluding carboxylic acids is 3. The van der Waals surface area contributed by atoms with Crippen LogP contribution in [-0.2, 0) is 23.9 Å². The highest BCUT2D eigenvalue weighted by atomic mass is 16.6. The van der Waals surface area contributed by atoms with Crippen LogP contribution in [0.25, 0.3) is 0 Å². The van der Waals surface area contributed by atoms with Crippen molar-refractivity contribution in [2.45, 2.75) is 102 Å². The summed E-state index contributed by atoms with van der Waals surface area (Å²) in [6, 6.07) is 0. The van der Waals surface area contributed by atoms with Crippen LogP contribution in [0.3, 0.4) is 0 Å². The number of carbonyl (C=O) groups is 3. The molecule has 4 N–H and O–H groups in total. The van der Waals surface area contributed by atoms with Crippen molar-refractivity contribution in [3.63, 3.8) is 0 Å². The van der Waals surface area contributed by atoms with Crippen LogP contribution in [-0.4, -0.2) is 73.8 Å². The van der Waals surface area contributed by atoms with Gasteiger partial charge in [-0.3, -0.25) is 9.59 Å². The zero-order valence-electron chi connectivity index (χ0n) is 23.3. The number of rotatable bonds is 4. The van der Waals surface area contributed by atoms with Crippen LogP contribution < -0.4 is 0 Å². The second-order valence-electron chi connectivity index (χ2n) is 12.8. The fraction of sp³-hybridized carbons (Fsp3) is 0.700. The molecule has 2 saturated carbocycles. The van der Waals surface area contributed by atoms with E-state index >= 15 is 0 Å². The van der Waals surface area contributed by atoms with E-state index < -0.39 is 57.7 Å². The second-order valence-corrected chi connectivity index (χ2v) is 12.8. The van der Waals surface area contributed by atoms with Crippen LogP contribution in [0.15, 0.2) is 34.9 Å². The van der Waals surface area contributed by atoms with Crippen LogP contribution >= 0.6 is 0 Å². The minimum Gasteiger partial charge on any atom is -0.465 e. The zero-order chi connectivity index (χ0) is 28.8. The van der Waals surface area contributed by atoms with Crippen LogP contribution in [0.1, 0.15) is 73.1 Å². The molecular formula is C30H40O9. The summed E-state index contributed by atoms with van der Waals surface area (Å²) in [5.74, 6) is -2.15. The fourth-order valence-corrected chi connectivity index (χ4v) is 8.77. The lowest BCUT2D eigenvalue weighted by molar-refractivity contribution is -0.294. The highest BCUT2D eigenvalue weighted by Crippen LogP contribution is 2.70. The summed E-state index contributed by atoms with van der Waals surface area (Å²) in [6.07, 6.45) is 3.89. The molecule has 9 heteroatoms. The summed E-state index contributed by atoms with van der Waals surface area (Å²) < 4.78 is 11.1. The van der Waals surface area contributed by atoms with Crippen LogP contribution in [0.4, 0.5) is 0 Å². The van der Waals surface area contributed by atoms with E-state index in [0.29, 0.717) is 24.0 Å². The molecule has 0 aromatic heterocycles. The Kier molecular flexibility index (Phi) is 6.39. The summed E-state index contributed by atoms with van der Waals surface area (Å²) >= 11 is 0. The predicted molar refractivity (Wildman–Crippen MR) is 139 cm³/mol. The monoisotopic (exact) mass is 544 g/mol. The molecule has 214 valence electrons. The number of allylic oxidation sites excluding steroid dienone is 2. The minimum atomic E-state index is -2.00. The molecule has 9 atom stereocenters. The molecule has 0 amide bonds. The first-order valence-corrected chi connectivity index (χ1v) is 13.9. The van der Waals surface area contributed by atoms with E-state index in [0.717, 1.165) is 5.57 Å². The van der Waals surface area contributed by atoms with Gasteiger partial charge in [0.2, 0.25) is 0 Å². The largest absolute Gasteiger partial charge is 0.465 e. The van der Waals surface area contributed by atoms with Crippen molar-refractivity contribution in [1.29, 1.82) is 0 Å². The van der Waals surface area contributed by atoms with Crippen molar-refractivity contribution < 1.29 is 44.3 Å². The topological polar surface area (TPSA) is 151 Å². The van der Waals surface area contributed by atoms with Gasteiger partial charge in [-0.2, -0.15) is 0 Å². The molecule has 0 spiro atoms. The molecular weight excluding hydrogens is 504 g/mol. The Labute approximate surface area is 228 Å². The Hall–Kier alpha value is -2.33. The van der Waals surface area contributed by atoms with E-state index in [9.17, 15) is 34.8 Å². The molecule has 0 radical (unpaired) electrons. The third-order valence-electron chi connectivity index (χ3n) is 11.3. The lowest BCUT2D eigenvalue weighted by atomic mass is 9.44. The zero-order valence-corrected chi connectivity index (χ0v) is 23.3. The average molecular weight is 545 g/mol. The van der Waals surface area contributed by atoms with Crippen LogP contribution in [0.5, 0.6) is 0 Å². The molecule has 5 rings (SSSR count). The van der Waals surface area contributed by atoms with Crippen molar-refractivity contribution in [1.82, 2.24) is 0 Å². The lowest BCUT2D eigenvalue weighted by Crippen LogP contribution is -2.74. The van der Waals surface area contributed by atoms with Crippen LogP contribution in [0.2, 0.25) is 0 Å². The summed E-state index contributed by atoms with van der Waals surface area (Å²) in [6.45, 7) is 7.58. The normalized spacial score (nSPS) is 45.0. The Morgan fingerprint density at radius 2 is 1.87 bits per heavy atom. The molecule has 1 heterocycles. The minimum absolute atomic E-state index is 0.0272. The number of fused-ring (bicyclic) bond motifs is 5. The van der Waals surface area contributed by atoms with Gasteiger partial charge in [-0.25, -0.2) is 4.79 Å². The van der Waals surface area contributed by atoms with Gasteiger partial charge >= 0.3 is 11.9 Å². The van der Waals surface area contributed by atoms with Crippen LogP contribution in [0, 0.1) is 22.7 Å². The highest BCUT2D eigenvalue weighted by molar-refractivity contribution is 5.99. The third kappa shape index (κ3) is 3.49. The van der Waals surface area contributed by atoms with Gasteiger partial charge in [0.25, 0.3) is 0 Å². The van der Waals surface area contributed by atoms with Crippen molar-refractivity contribution in [3.05, 3.63) is 34.9 Å². The predicted octanol–water partition coefficient (Wildman–Crippen LogP) is 2.06. The van der Waals surface area contributed by atoms with Gasteiger partial charge in [0.15, 0.2) is 5.78 Å². The first kappa shape index (κ1) is 28.2. The molecule has 1 unspecified atom stereocenters. The number of hydrogen-bond acceptors (Lipinski definition) is 9. The summed E-state index contributed by atoms with van der Waals surface area (Å²) in [7, 11) is 0. The van der Waals surface area contributed by atoms with E-state index in [4.69, 9.17) is 9.47 Å². The molecule has 5 aliphatic rings. The first-order valence-electron chi connectivity index (χ1n) is 13.9. The van der Waals surface area contributed by atoms with E-state index in [2.05, 4.69) is 0 Å². The van der Waals surface area contributed by atoms with Gasteiger partial charge in [-0.15, -0.1) is 0 Å². The smallest absolute Gasteiger partial charge is 0.334 e. The molecule has 0 aromatic rings. The van der Waals surface area contributed by atoms with Gasteiger partial charge < -0.3 is 29.9 Å². The fourth-order valence-electron chi connectivity index (χ4n) is 8.77. The average Bonchev–Trinajstić information content (AvgIpc) is 3.12. The number of hydrogen-bond donors (Lipinski definition) is 4. The van der Waals surface area contributed by atoms with Crippen molar-refractivity contribution in [2.24, 2.45) is 22.7 Å². The molecule has 2 fully saturated rings. The maximum Gasteiger partial charge on any atom is 0.334 e. The van der Waals surface area contributed by atoms with E-state index in [-0.39, 0.29) is 44.0 Å². The standard InChI is InChI=1S/C30H40O9/c1-16-14-24(39-25(34)17(16)2)27(5,35)30(37)13-12-29(36)20-6-7-21-22(32)8-9-23(33)26(21,4)19(20)10-11-28(29,30)15-38-18(3)31/h7-9,19-20,22,24,32,35-37H,6,10-15H2,1-5H3/t19-,20+,22-,24?,26+,27-,28+,29+,30+/m0/s1. The molecule has 0 saturated heterocycles. The van der Waals surface area contributed by atoms with E-state index in [1.54, 1.807) is 13.8 Å².